The second-order valence-corrected chi connectivity index (χ2v) is 21.2. The van der Waals surface area contributed by atoms with E-state index >= 15 is 0 Å². The normalized spacial score (nSPS) is 14.3. The minimum Gasteiger partial charge on any atom is -0.491 e. The van der Waals surface area contributed by atoms with Crippen LogP contribution in [0.5, 0.6) is 23.0 Å². The van der Waals surface area contributed by atoms with E-state index in [1.807, 2.05) is 102 Å². The summed E-state index contributed by atoms with van der Waals surface area (Å²) in [4.78, 5) is 37.6. The zero-order valence-corrected chi connectivity index (χ0v) is 42.7. The van der Waals surface area contributed by atoms with Crippen molar-refractivity contribution in [3.8, 4) is 23.0 Å². The number of amides is 3. The van der Waals surface area contributed by atoms with Gasteiger partial charge in [0, 0.05) is 76.7 Å². The Morgan fingerprint density at radius 2 is 0.826 bits per heavy atom. The highest BCUT2D eigenvalue weighted by Crippen LogP contribution is 2.44. The molecular weight excluding hydrogens is 923 g/mol. The lowest BCUT2D eigenvalue weighted by molar-refractivity contribution is 0.0700. The van der Waals surface area contributed by atoms with E-state index < -0.39 is 35.9 Å². The minimum atomic E-state index is -2.85. The molecular formula is C50H69N3O14Si2. The number of carbonyl (C=O) groups is 3. The van der Waals surface area contributed by atoms with Crippen LogP contribution in [0.15, 0.2) is 97.1 Å². The van der Waals surface area contributed by atoms with Gasteiger partial charge >= 0.3 is 35.9 Å². The molecule has 69 heavy (non-hydrogen) atoms. The molecule has 3 atom stereocenters. The Morgan fingerprint density at radius 1 is 0.522 bits per heavy atom. The zero-order chi connectivity index (χ0) is 49.5. The molecule has 4 aromatic carbocycles. The van der Waals surface area contributed by atoms with E-state index in [0.717, 1.165) is 22.3 Å². The van der Waals surface area contributed by atoms with Crippen LogP contribution in [-0.4, -0.2) is 108 Å². The van der Waals surface area contributed by atoms with Crippen LogP contribution >= 0.6 is 0 Å². The van der Waals surface area contributed by atoms with Gasteiger partial charge in [0.2, 0.25) is 0 Å². The maximum atomic E-state index is 13.0. The Kier molecular flexibility index (Phi) is 22.4. The molecule has 376 valence electrons. The van der Waals surface area contributed by atoms with Crippen molar-refractivity contribution in [1.82, 2.24) is 10.6 Å². The fourth-order valence-corrected chi connectivity index (χ4v) is 13.1. The molecule has 0 radical (unpaired) electrons. The highest BCUT2D eigenvalue weighted by Gasteiger charge is 2.41. The lowest BCUT2D eigenvalue weighted by atomic mass is 9.73. The first-order valence-corrected chi connectivity index (χ1v) is 27.7. The predicted molar refractivity (Wildman–Crippen MR) is 263 cm³/mol. The monoisotopic (exact) mass is 991 g/mol. The molecule has 0 aliphatic carbocycles. The number of hydrogen-bond acceptors (Lipinski definition) is 14. The van der Waals surface area contributed by atoms with E-state index in [0.29, 0.717) is 114 Å². The first-order chi connectivity index (χ1) is 33.5. The zero-order valence-electron chi connectivity index (χ0n) is 40.7. The number of carbonyl (C=O) groups excluding carboxylic acids is 3. The first kappa shape index (κ1) is 54.6. The van der Waals surface area contributed by atoms with Crippen molar-refractivity contribution in [2.24, 2.45) is 5.73 Å². The van der Waals surface area contributed by atoms with Crippen molar-refractivity contribution in [1.29, 1.82) is 0 Å². The van der Waals surface area contributed by atoms with Crippen LogP contribution in [0.3, 0.4) is 0 Å². The molecule has 0 bridgehead atoms. The standard InChI is InChI=1S/C50H69N3O14Si2/c1-7-59-68(60-8-2,61-9-3)33-13-31-52-49(55)66-43-27-19-39(20-28-43)46(37-15-23-41(24-16-37)57-35-45-36-58-45)47(38-17-25-42(26-18-38)65-48(51)54)40-21-29-44(30-22-40)67-50(56)53-32-14-34-69(62-10-4,63-11-5)64-12-6/h15-30,45-47H,7-14,31-36H2,1-6H3,(H2,51,54)(H,52,55)(H,53,56). The SMILES string of the molecule is CCO[Si](CCCNC(=O)Oc1ccc(C(c2ccc(OCC3CO3)cc2)C(c2ccc(OC(N)=O)cc2)c2ccc(OC(=O)NCCC[Si](OCC)(OCC)OCC)cc2)cc1)(OCC)OCC. The third-order valence-electron chi connectivity index (χ3n) is 10.8. The van der Waals surface area contributed by atoms with E-state index in [9.17, 15) is 14.4 Å². The quantitative estimate of drug-likeness (QED) is 0.0245. The summed E-state index contributed by atoms with van der Waals surface area (Å²) in [7, 11) is -5.70. The Balaban J connectivity index is 1.37. The van der Waals surface area contributed by atoms with Gasteiger partial charge in [-0.05, 0) is 125 Å². The maximum Gasteiger partial charge on any atom is 0.500 e. The molecule has 0 spiro atoms. The average Bonchev–Trinajstić information content (AvgIpc) is 4.17. The number of rotatable bonds is 31. The van der Waals surface area contributed by atoms with Gasteiger partial charge in [-0.3, -0.25) is 0 Å². The molecule has 3 unspecified atom stereocenters. The van der Waals surface area contributed by atoms with E-state index in [2.05, 4.69) is 10.6 Å². The van der Waals surface area contributed by atoms with Crippen LogP contribution in [0.1, 0.15) is 88.5 Å². The van der Waals surface area contributed by atoms with Crippen LogP contribution in [0.2, 0.25) is 12.1 Å². The summed E-state index contributed by atoms with van der Waals surface area (Å²) < 4.78 is 63.6. The summed E-state index contributed by atoms with van der Waals surface area (Å²) >= 11 is 0. The molecule has 1 saturated heterocycles. The van der Waals surface area contributed by atoms with Crippen molar-refractivity contribution in [2.75, 3.05) is 65.9 Å². The molecule has 4 aromatic rings. The predicted octanol–water partition coefficient (Wildman–Crippen LogP) is 8.94. The van der Waals surface area contributed by atoms with E-state index in [4.69, 9.17) is 56.0 Å². The van der Waals surface area contributed by atoms with Gasteiger partial charge in [0.05, 0.1) is 6.61 Å². The molecule has 5 rings (SSSR count). The van der Waals surface area contributed by atoms with Gasteiger partial charge in [0.15, 0.2) is 0 Å². The van der Waals surface area contributed by atoms with Crippen molar-refractivity contribution in [3.05, 3.63) is 119 Å². The maximum absolute atomic E-state index is 13.0. The van der Waals surface area contributed by atoms with Gasteiger partial charge in [-0.25, -0.2) is 14.4 Å². The topological polar surface area (TPSA) is 206 Å². The molecule has 0 aromatic heterocycles. The summed E-state index contributed by atoms with van der Waals surface area (Å²) in [5, 5.41) is 5.66. The first-order valence-electron chi connectivity index (χ1n) is 23.8. The molecule has 19 heteroatoms. The molecule has 1 fully saturated rings. The Bertz CT molecular complexity index is 2110. The second-order valence-electron chi connectivity index (χ2n) is 15.7. The summed E-state index contributed by atoms with van der Waals surface area (Å²) in [5.74, 6) is 0.998. The number of nitrogens with two attached hydrogens (primary N) is 1. The summed E-state index contributed by atoms with van der Waals surface area (Å²) in [6, 6.07) is 30.9. The van der Waals surface area contributed by atoms with Gasteiger partial charge in [0.25, 0.3) is 0 Å². The molecule has 17 nitrogen and oxygen atoms in total. The van der Waals surface area contributed by atoms with Gasteiger partial charge in [-0.2, -0.15) is 0 Å². The lowest BCUT2D eigenvalue weighted by Gasteiger charge is -2.30. The van der Waals surface area contributed by atoms with Gasteiger partial charge in [-0.1, -0.05) is 48.5 Å². The minimum absolute atomic E-state index is 0.0974. The second kappa shape index (κ2) is 28.3. The molecule has 0 saturated carbocycles. The third-order valence-corrected chi connectivity index (χ3v) is 17.1. The van der Waals surface area contributed by atoms with Crippen LogP contribution < -0.4 is 35.3 Å². The Hall–Kier alpha value is -5.36. The van der Waals surface area contributed by atoms with E-state index in [1.165, 1.54) is 0 Å². The van der Waals surface area contributed by atoms with Gasteiger partial charge in [0.1, 0.15) is 35.7 Å². The van der Waals surface area contributed by atoms with Crippen molar-refractivity contribution in [2.45, 2.75) is 84.4 Å². The van der Waals surface area contributed by atoms with Crippen molar-refractivity contribution >= 4 is 35.9 Å². The fraction of sp³-hybridized carbons (Fsp3) is 0.460. The molecule has 1 aliphatic rings. The summed E-state index contributed by atoms with van der Waals surface area (Å²) in [6.45, 7) is 16.1. The largest absolute Gasteiger partial charge is 0.500 e. The highest BCUT2D eigenvalue weighted by molar-refractivity contribution is 6.61. The van der Waals surface area contributed by atoms with Crippen LogP contribution in [0.4, 0.5) is 14.4 Å². The molecule has 4 N–H and O–H groups in total. The van der Waals surface area contributed by atoms with Crippen LogP contribution in [0.25, 0.3) is 0 Å². The Morgan fingerprint density at radius 3 is 1.12 bits per heavy atom. The van der Waals surface area contributed by atoms with E-state index in [-0.39, 0.29) is 17.9 Å². The molecule has 1 heterocycles. The number of ether oxygens (including phenoxy) is 5. The van der Waals surface area contributed by atoms with Gasteiger partial charge in [-0.15, -0.1) is 0 Å². The Labute approximate surface area is 408 Å². The number of benzene rings is 4. The fourth-order valence-electron chi connectivity index (χ4n) is 7.90. The van der Waals surface area contributed by atoms with Crippen molar-refractivity contribution < 1.29 is 64.6 Å². The number of nitrogens with one attached hydrogen (secondary N) is 2. The lowest BCUT2D eigenvalue weighted by Crippen LogP contribution is -2.46. The summed E-state index contributed by atoms with van der Waals surface area (Å²) in [6.07, 6.45) is -0.855. The molecule has 3 amide bonds. The molecule has 1 aliphatic heterocycles. The summed E-state index contributed by atoms with van der Waals surface area (Å²) in [5.41, 5.74) is 8.96. The number of hydrogen-bond donors (Lipinski definition) is 3. The number of primary amides is 1. The number of epoxide rings is 1. The highest BCUT2D eigenvalue weighted by atomic mass is 28.4. The van der Waals surface area contributed by atoms with Crippen LogP contribution in [0, 0.1) is 0 Å². The van der Waals surface area contributed by atoms with Gasteiger partial charge < -0.3 is 66.6 Å². The van der Waals surface area contributed by atoms with Crippen molar-refractivity contribution in [3.63, 3.8) is 0 Å². The van der Waals surface area contributed by atoms with Crippen LogP contribution in [-0.2, 0) is 31.3 Å². The third kappa shape index (κ3) is 17.5. The van der Waals surface area contributed by atoms with E-state index in [1.54, 1.807) is 36.4 Å². The smallest absolute Gasteiger partial charge is 0.491 e. The average molecular weight is 992 g/mol.